The monoisotopic (exact) mass is 232 g/mol. The first kappa shape index (κ1) is 12.3. The van der Waals surface area contributed by atoms with E-state index in [2.05, 4.69) is 23.6 Å². The third-order valence-electron chi connectivity index (χ3n) is 5.09. The van der Waals surface area contributed by atoms with Crippen LogP contribution in [-0.4, -0.2) is 28.0 Å². The zero-order valence-electron chi connectivity index (χ0n) is 9.93. The minimum atomic E-state index is -1.49. The third-order valence-corrected chi connectivity index (χ3v) is 5.09. The second kappa shape index (κ2) is 3.40. The smallest absolute Gasteiger partial charge is 0.241 e. The average molecular weight is 232 g/mol. The van der Waals surface area contributed by atoms with Crippen LogP contribution in [0.2, 0.25) is 0 Å². The lowest BCUT2D eigenvalue weighted by Crippen LogP contribution is -2.50. The maximum atomic E-state index is 9.53. The summed E-state index contributed by atoms with van der Waals surface area (Å²) < 4.78 is 0. The molecule has 0 aromatic heterocycles. The fourth-order valence-corrected chi connectivity index (χ4v) is 3.64. The van der Waals surface area contributed by atoms with Gasteiger partial charge >= 0.3 is 0 Å². The molecule has 0 radical (unpaired) electrons. The summed E-state index contributed by atoms with van der Waals surface area (Å²) in [7, 11) is 0. The van der Waals surface area contributed by atoms with Crippen LogP contribution in [0.1, 0.15) is 33.6 Å². The molecule has 0 aromatic carbocycles. The van der Waals surface area contributed by atoms with E-state index in [1.807, 2.05) is 0 Å². The molecule has 0 amide bonds. The molecule has 3 N–H and O–H groups in total. The van der Waals surface area contributed by atoms with Crippen LogP contribution in [0.5, 0.6) is 0 Å². The number of rotatable bonds is 4. The van der Waals surface area contributed by atoms with Crippen molar-refractivity contribution in [2.24, 2.45) is 22.7 Å². The molecule has 94 valence electrons. The van der Waals surface area contributed by atoms with Crippen LogP contribution in [0.3, 0.4) is 0 Å². The van der Waals surface area contributed by atoms with Gasteiger partial charge in [-0.25, -0.2) is 10.5 Å². The summed E-state index contributed by atoms with van der Waals surface area (Å²) >= 11 is 0. The van der Waals surface area contributed by atoms with Crippen LogP contribution in [0.4, 0.5) is 0 Å². The van der Waals surface area contributed by atoms with Gasteiger partial charge in [-0.15, -0.1) is 0 Å². The molecule has 2 aliphatic carbocycles. The Morgan fingerprint density at radius 1 is 1.31 bits per heavy atom. The van der Waals surface area contributed by atoms with E-state index in [9.17, 15) is 5.11 Å². The Balaban J connectivity index is 2.37. The normalized spacial score (nSPS) is 44.8. The van der Waals surface area contributed by atoms with E-state index < -0.39 is 11.2 Å². The van der Waals surface area contributed by atoms with E-state index >= 15 is 0 Å². The lowest BCUT2D eigenvalue weighted by atomic mass is 9.80. The molecule has 3 atom stereocenters. The fraction of sp³-hybridized carbons (Fsp3) is 1.00. The largest absolute Gasteiger partial charge is 0.396 e. The zero-order chi connectivity index (χ0) is 12.2. The molecule has 2 aliphatic rings. The van der Waals surface area contributed by atoms with Gasteiger partial charge in [-0.2, -0.15) is 9.78 Å². The second-order valence-corrected chi connectivity index (χ2v) is 5.83. The van der Waals surface area contributed by atoms with Gasteiger partial charge in [0.05, 0.1) is 12.0 Å². The van der Waals surface area contributed by atoms with Crippen molar-refractivity contribution in [2.45, 2.75) is 39.4 Å². The molecule has 0 saturated heterocycles. The molecule has 5 heteroatoms. The number of hydrogen-bond donors (Lipinski definition) is 3. The highest BCUT2D eigenvalue weighted by Gasteiger charge is 2.79. The molecule has 1 unspecified atom stereocenters. The molecule has 2 saturated carbocycles. The Bertz CT molecular complexity index is 283. The highest BCUT2D eigenvalue weighted by Crippen LogP contribution is 2.77. The van der Waals surface area contributed by atoms with E-state index in [1.54, 1.807) is 6.92 Å². The maximum Gasteiger partial charge on any atom is 0.241 e. The van der Waals surface area contributed by atoms with Crippen LogP contribution in [0.25, 0.3) is 0 Å². The molecule has 0 heterocycles. The Hall–Kier alpha value is -0.200. The van der Waals surface area contributed by atoms with E-state index in [1.165, 1.54) is 0 Å². The van der Waals surface area contributed by atoms with Crippen LogP contribution < -0.4 is 0 Å². The predicted octanol–water partition coefficient (Wildman–Crippen LogP) is 1.73. The van der Waals surface area contributed by atoms with Gasteiger partial charge < -0.3 is 5.11 Å². The van der Waals surface area contributed by atoms with E-state index in [4.69, 9.17) is 10.5 Å². The van der Waals surface area contributed by atoms with Gasteiger partial charge in [-0.3, -0.25) is 0 Å². The summed E-state index contributed by atoms with van der Waals surface area (Å²) in [4.78, 5) is 8.80. The maximum absolute atomic E-state index is 9.53. The van der Waals surface area contributed by atoms with Crippen LogP contribution in [-0.2, 0) is 9.78 Å². The molecule has 2 fully saturated rings. The molecular formula is C11H20O5. The number of fused-ring (bicyclic) bond motifs is 1. The van der Waals surface area contributed by atoms with Crippen LogP contribution in [0, 0.1) is 22.7 Å². The minimum absolute atomic E-state index is 0.00292. The van der Waals surface area contributed by atoms with Gasteiger partial charge in [0.1, 0.15) is 0 Å². The highest BCUT2D eigenvalue weighted by atomic mass is 17.2. The van der Waals surface area contributed by atoms with Gasteiger partial charge in [0.25, 0.3) is 0 Å². The SMILES string of the molecule is CC(C)[C@@]12CC1[C@@](C)(CO)C(OO)(OO)C2. The van der Waals surface area contributed by atoms with Crippen LogP contribution in [0.15, 0.2) is 0 Å². The van der Waals surface area contributed by atoms with Crippen molar-refractivity contribution in [1.29, 1.82) is 0 Å². The first-order valence-electron chi connectivity index (χ1n) is 5.68. The summed E-state index contributed by atoms with van der Waals surface area (Å²) in [6.07, 6.45) is 1.39. The van der Waals surface area contributed by atoms with Crippen molar-refractivity contribution in [3.63, 3.8) is 0 Å². The second-order valence-electron chi connectivity index (χ2n) is 5.83. The quantitative estimate of drug-likeness (QED) is 0.391. The van der Waals surface area contributed by atoms with Crippen LogP contribution >= 0.6 is 0 Å². The van der Waals surface area contributed by atoms with E-state index in [-0.39, 0.29) is 17.9 Å². The van der Waals surface area contributed by atoms with Crippen molar-refractivity contribution in [3.8, 4) is 0 Å². The fourth-order valence-electron chi connectivity index (χ4n) is 3.64. The minimum Gasteiger partial charge on any atom is -0.396 e. The third kappa shape index (κ3) is 1.13. The Labute approximate surface area is 94.8 Å². The zero-order valence-corrected chi connectivity index (χ0v) is 9.93. The lowest BCUT2D eigenvalue weighted by molar-refractivity contribution is -0.513. The van der Waals surface area contributed by atoms with Gasteiger partial charge in [0.2, 0.25) is 5.79 Å². The van der Waals surface area contributed by atoms with Crippen molar-refractivity contribution < 1.29 is 25.4 Å². The first-order chi connectivity index (χ1) is 7.42. The Kier molecular flexibility index (Phi) is 2.60. The standard InChI is InChI=1S/C11H20O5/c1-7(2)10-4-8(10)9(3,6-12)11(5-10,15-13)16-14/h7-8,12-14H,4-6H2,1-3H3/t8?,9-,10+/m1/s1. The topological polar surface area (TPSA) is 79.2 Å². The van der Waals surface area contributed by atoms with Crippen molar-refractivity contribution >= 4 is 0 Å². The summed E-state index contributed by atoms with van der Waals surface area (Å²) in [5.41, 5.74) is -0.760. The predicted molar refractivity (Wildman–Crippen MR) is 55.3 cm³/mol. The molecule has 2 rings (SSSR count). The van der Waals surface area contributed by atoms with E-state index in [0.29, 0.717) is 12.3 Å². The molecular weight excluding hydrogens is 212 g/mol. The van der Waals surface area contributed by atoms with Gasteiger partial charge in [-0.1, -0.05) is 20.8 Å². The molecule has 16 heavy (non-hydrogen) atoms. The van der Waals surface area contributed by atoms with Crippen molar-refractivity contribution in [1.82, 2.24) is 0 Å². The van der Waals surface area contributed by atoms with Crippen molar-refractivity contribution in [2.75, 3.05) is 6.61 Å². The number of aliphatic hydroxyl groups excluding tert-OH is 1. The summed E-state index contributed by atoms with van der Waals surface area (Å²) in [6.45, 7) is 5.79. The van der Waals surface area contributed by atoms with Gasteiger partial charge in [-0.05, 0) is 23.7 Å². The van der Waals surface area contributed by atoms with Gasteiger partial charge in [0, 0.05) is 6.42 Å². The molecule has 0 aliphatic heterocycles. The van der Waals surface area contributed by atoms with E-state index in [0.717, 1.165) is 6.42 Å². The van der Waals surface area contributed by atoms with Crippen molar-refractivity contribution in [3.05, 3.63) is 0 Å². The highest BCUT2D eigenvalue weighted by molar-refractivity contribution is 5.22. The van der Waals surface area contributed by atoms with Gasteiger partial charge in [0.15, 0.2) is 0 Å². The Morgan fingerprint density at radius 3 is 2.19 bits per heavy atom. The summed E-state index contributed by atoms with van der Waals surface area (Å²) in [6, 6.07) is 0. The average Bonchev–Trinajstić information content (AvgIpc) is 2.97. The number of aliphatic hydroxyl groups is 1. The number of hydrogen-bond acceptors (Lipinski definition) is 5. The molecule has 0 bridgehead atoms. The summed E-state index contributed by atoms with van der Waals surface area (Å²) in [5, 5.41) is 27.6. The first-order valence-corrected chi connectivity index (χ1v) is 5.68. The molecule has 0 aromatic rings. The lowest BCUT2D eigenvalue weighted by Gasteiger charge is -2.38. The Morgan fingerprint density at radius 2 is 1.88 bits per heavy atom. The molecule has 5 nitrogen and oxygen atoms in total. The molecule has 0 spiro atoms. The summed E-state index contributed by atoms with van der Waals surface area (Å²) in [5.74, 6) is -0.880.